The second-order valence-electron chi connectivity index (χ2n) is 8.93. The summed E-state index contributed by atoms with van der Waals surface area (Å²) in [6, 6.07) is 4.52. The lowest BCUT2D eigenvalue weighted by atomic mass is 9.94. The van der Waals surface area contributed by atoms with E-state index in [0.717, 1.165) is 42.1 Å². The molecule has 5 nitrogen and oxygen atoms in total. The molecule has 0 radical (unpaired) electrons. The largest absolute Gasteiger partial charge is 0.453 e. The van der Waals surface area contributed by atoms with Crippen molar-refractivity contribution >= 4 is 23.5 Å². The van der Waals surface area contributed by atoms with Gasteiger partial charge in [0.2, 0.25) is 5.91 Å². The van der Waals surface area contributed by atoms with Gasteiger partial charge >= 0.3 is 0 Å². The Morgan fingerprint density at radius 3 is 2.33 bits per heavy atom. The van der Waals surface area contributed by atoms with E-state index in [1.807, 2.05) is 6.92 Å². The van der Waals surface area contributed by atoms with Crippen molar-refractivity contribution in [3.63, 3.8) is 0 Å². The number of fused-ring (bicyclic) bond motifs is 3. The molecule has 1 aromatic heterocycles. The molecule has 0 spiro atoms. The molecule has 4 N–H and O–H groups in total. The second-order valence-corrected chi connectivity index (χ2v) is 9.74. The Hall–Kier alpha value is -1.92. The first kappa shape index (κ1) is 21.3. The lowest BCUT2D eigenvalue weighted by Crippen LogP contribution is -2.19. The van der Waals surface area contributed by atoms with E-state index >= 15 is 0 Å². The summed E-state index contributed by atoms with van der Waals surface area (Å²) in [5.41, 5.74) is 12.2. The van der Waals surface area contributed by atoms with E-state index < -0.39 is 5.60 Å². The molecule has 6 heteroatoms. The maximum atomic E-state index is 10.8. The Labute approximate surface area is 182 Å². The highest BCUT2D eigenvalue weighted by Gasteiger charge is 2.31. The zero-order valence-corrected chi connectivity index (χ0v) is 18.8. The molecule has 162 valence electrons. The fourth-order valence-corrected chi connectivity index (χ4v) is 5.79. The average Bonchev–Trinajstić information content (AvgIpc) is 3.39. The van der Waals surface area contributed by atoms with Gasteiger partial charge in [-0.1, -0.05) is 6.07 Å². The van der Waals surface area contributed by atoms with Crippen molar-refractivity contribution in [2.24, 2.45) is 5.73 Å². The van der Waals surface area contributed by atoms with Crippen LogP contribution in [0.25, 0.3) is 0 Å². The molecule has 0 fully saturated rings. The van der Waals surface area contributed by atoms with Crippen molar-refractivity contribution in [3.05, 3.63) is 45.7 Å². The van der Waals surface area contributed by atoms with Gasteiger partial charge in [-0.3, -0.25) is 4.79 Å². The SMILES string of the molecule is CC(N)=O.CC1(O)CCCCc2oc(SNc3c4c(cc5c3CCC5)CCC4)cc21. The smallest absolute Gasteiger partial charge is 0.214 e. The number of hydrogen-bond donors (Lipinski definition) is 3. The van der Waals surface area contributed by atoms with Crippen LogP contribution in [0.3, 0.4) is 0 Å². The number of carbonyl (C=O) groups is 1. The highest BCUT2D eigenvalue weighted by molar-refractivity contribution is 8.00. The minimum atomic E-state index is -0.761. The summed E-state index contributed by atoms with van der Waals surface area (Å²) in [5.74, 6) is 0.639. The number of rotatable bonds is 3. The molecule has 3 aliphatic rings. The van der Waals surface area contributed by atoms with Crippen LogP contribution in [-0.4, -0.2) is 11.0 Å². The summed E-state index contributed by atoms with van der Waals surface area (Å²) in [7, 11) is 0. The van der Waals surface area contributed by atoms with Crippen molar-refractivity contribution in [3.8, 4) is 0 Å². The molecule has 1 aromatic carbocycles. The van der Waals surface area contributed by atoms with Gasteiger partial charge in [0.1, 0.15) is 5.76 Å². The third kappa shape index (κ3) is 4.40. The van der Waals surface area contributed by atoms with Crippen LogP contribution in [-0.2, 0) is 42.5 Å². The van der Waals surface area contributed by atoms with E-state index in [1.165, 1.54) is 62.3 Å². The molecule has 0 aliphatic heterocycles. The number of nitrogens with one attached hydrogen (secondary N) is 1. The maximum absolute atomic E-state index is 10.8. The van der Waals surface area contributed by atoms with Crippen molar-refractivity contribution < 1.29 is 14.3 Å². The lowest BCUT2D eigenvalue weighted by molar-refractivity contribution is -0.115. The monoisotopic (exact) mass is 428 g/mol. The zero-order chi connectivity index (χ0) is 21.3. The fraction of sp³-hybridized carbons (Fsp3) is 0.542. The van der Waals surface area contributed by atoms with Gasteiger partial charge in [0.15, 0.2) is 5.09 Å². The number of aryl methyl sites for hydroxylation is 3. The molecule has 0 bridgehead atoms. The third-order valence-electron chi connectivity index (χ3n) is 6.41. The number of carbonyl (C=O) groups excluding carboxylic acids is 1. The topological polar surface area (TPSA) is 88.5 Å². The Morgan fingerprint density at radius 2 is 1.70 bits per heavy atom. The van der Waals surface area contributed by atoms with Crippen molar-refractivity contribution in [1.29, 1.82) is 0 Å². The Balaban J connectivity index is 0.000000503. The first-order chi connectivity index (χ1) is 14.3. The van der Waals surface area contributed by atoms with E-state index in [9.17, 15) is 9.90 Å². The molecule has 0 saturated carbocycles. The zero-order valence-electron chi connectivity index (χ0n) is 18.0. The number of hydrogen-bond acceptors (Lipinski definition) is 5. The molecule has 1 unspecified atom stereocenters. The quantitative estimate of drug-likeness (QED) is 0.483. The van der Waals surface area contributed by atoms with Crippen LogP contribution < -0.4 is 10.5 Å². The number of furan rings is 1. The van der Waals surface area contributed by atoms with E-state index in [4.69, 9.17) is 4.42 Å². The van der Waals surface area contributed by atoms with Crippen LogP contribution in [0.5, 0.6) is 0 Å². The summed E-state index contributed by atoms with van der Waals surface area (Å²) in [4.78, 5) is 9.22. The number of anilines is 1. The van der Waals surface area contributed by atoms with Crippen molar-refractivity contribution in [2.45, 2.75) is 88.7 Å². The van der Waals surface area contributed by atoms with Gasteiger partial charge < -0.3 is 20.0 Å². The summed E-state index contributed by atoms with van der Waals surface area (Å²) in [5, 5.41) is 11.6. The van der Waals surface area contributed by atoms with Gasteiger partial charge in [-0.2, -0.15) is 0 Å². The average molecular weight is 429 g/mol. The number of nitrogens with two attached hydrogens (primary N) is 1. The highest BCUT2D eigenvalue weighted by atomic mass is 32.2. The van der Waals surface area contributed by atoms with Crippen LogP contribution >= 0.6 is 11.9 Å². The Morgan fingerprint density at radius 1 is 1.07 bits per heavy atom. The normalized spacial score (nSPS) is 21.7. The van der Waals surface area contributed by atoms with E-state index in [-0.39, 0.29) is 5.91 Å². The minimum Gasteiger partial charge on any atom is -0.453 e. The van der Waals surface area contributed by atoms with Gasteiger partial charge in [-0.05, 0) is 93.0 Å². The molecule has 0 saturated heterocycles. The van der Waals surface area contributed by atoms with Gasteiger partial charge in [0.05, 0.1) is 11.3 Å². The molecular formula is C24H32N2O3S. The van der Waals surface area contributed by atoms with Crippen LogP contribution in [0.4, 0.5) is 5.69 Å². The molecule has 1 atom stereocenters. The molecule has 3 aliphatic carbocycles. The van der Waals surface area contributed by atoms with Gasteiger partial charge in [0, 0.05) is 30.9 Å². The predicted molar refractivity (Wildman–Crippen MR) is 121 cm³/mol. The summed E-state index contributed by atoms with van der Waals surface area (Å²) >= 11 is 1.58. The Kier molecular flexibility index (Phi) is 6.16. The maximum Gasteiger partial charge on any atom is 0.214 e. The molecule has 30 heavy (non-hydrogen) atoms. The highest BCUT2D eigenvalue weighted by Crippen LogP contribution is 2.42. The molecular weight excluding hydrogens is 396 g/mol. The van der Waals surface area contributed by atoms with Crippen molar-refractivity contribution in [2.75, 3.05) is 4.72 Å². The van der Waals surface area contributed by atoms with Gasteiger partial charge in [-0.25, -0.2) is 0 Å². The Bertz CT molecular complexity index is 912. The number of benzene rings is 1. The van der Waals surface area contributed by atoms with E-state index in [2.05, 4.69) is 22.6 Å². The molecule has 1 amide bonds. The van der Waals surface area contributed by atoms with Gasteiger partial charge in [-0.15, -0.1) is 0 Å². The van der Waals surface area contributed by atoms with E-state index in [0.29, 0.717) is 0 Å². The molecule has 2 aromatic rings. The molecule has 1 heterocycles. The third-order valence-corrected chi connectivity index (χ3v) is 7.12. The lowest BCUT2D eigenvalue weighted by Gasteiger charge is -2.20. The molecule has 5 rings (SSSR count). The number of amides is 1. The van der Waals surface area contributed by atoms with Crippen LogP contribution in [0.15, 0.2) is 21.6 Å². The minimum absolute atomic E-state index is 0.333. The summed E-state index contributed by atoms with van der Waals surface area (Å²) in [6.07, 6.45) is 11.3. The first-order valence-corrected chi connectivity index (χ1v) is 11.9. The van der Waals surface area contributed by atoms with Crippen molar-refractivity contribution in [1.82, 2.24) is 0 Å². The van der Waals surface area contributed by atoms with E-state index in [1.54, 1.807) is 23.1 Å². The predicted octanol–water partition coefficient (Wildman–Crippen LogP) is 4.80. The standard InChI is InChI=1S/C22H27NO2S.C2H5NO/c1-22(24)11-3-2-10-19-18(22)13-20(25-19)26-23-21-16-8-4-6-14(16)12-15-7-5-9-17(15)21;1-2(3)4/h12-13,23-24H,2-11H2,1H3;1H3,(H2,3,4). The van der Waals surface area contributed by atoms with Gasteiger partial charge in [0.25, 0.3) is 0 Å². The first-order valence-electron chi connectivity index (χ1n) is 11.1. The van der Waals surface area contributed by atoms with Crippen LogP contribution in [0, 0.1) is 0 Å². The summed E-state index contributed by atoms with van der Waals surface area (Å²) in [6.45, 7) is 3.23. The van der Waals surface area contributed by atoms with Crippen LogP contribution in [0.1, 0.15) is 79.5 Å². The number of aliphatic hydroxyl groups is 1. The van der Waals surface area contributed by atoms with Crippen LogP contribution in [0.2, 0.25) is 0 Å². The second kappa shape index (κ2) is 8.67. The number of primary amides is 1. The summed E-state index contributed by atoms with van der Waals surface area (Å²) < 4.78 is 9.78. The fourth-order valence-electron chi connectivity index (χ4n) is 5.03.